The Balaban J connectivity index is 1.68. The number of fused-ring (bicyclic) bond motifs is 1. The van der Waals surface area contributed by atoms with Crippen molar-refractivity contribution < 1.29 is 24.0 Å². The third-order valence-corrected chi connectivity index (χ3v) is 6.28. The highest BCUT2D eigenvalue weighted by molar-refractivity contribution is 5.99. The second kappa shape index (κ2) is 7.96. The molecular formula is C23H23FN4O5. The molecule has 1 saturated heterocycles. The van der Waals surface area contributed by atoms with Gasteiger partial charge in [0.15, 0.2) is 0 Å². The molecule has 0 bridgehead atoms. The van der Waals surface area contributed by atoms with Gasteiger partial charge in [0.05, 0.1) is 15.8 Å². The van der Waals surface area contributed by atoms with E-state index in [2.05, 4.69) is 4.98 Å². The average Bonchev–Trinajstić information content (AvgIpc) is 3.16. The number of amides is 2. The van der Waals surface area contributed by atoms with Gasteiger partial charge in [-0.25, -0.2) is 0 Å². The molecule has 1 aliphatic rings. The molecule has 4 rings (SSSR count). The molecule has 33 heavy (non-hydrogen) atoms. The number of aryl methyl sites for hydroxylation is 1. The first-order valence-corrected chi connectivity index (χ1v) is 10.3. The average molecular weight is 454 g/mol. The number of hydrogen-bond acceptors (Lipinski definition) is 5. The number of carbonyl (C=O) groups is 2. The van der Waals surface area contributed by atoms with Gasteiger partial charge >= 0.3 is 5.69 Å². The number of rotatable bonds is 5. The van der Waals surface area contributed by atoms with E-state index in [1.807, 2.05) is 19.1 Å². The molecule has 0 unspecified atom stereocenters. The van der Waals surface area contributed by atoms with E-state index >= 15 is 0 Å². The normalized spacial score (nSPS) is 21.2. The van der Waals surface area contributed by atoms with Gasteiger partial charge in [-0.05, 0) is 30.2 Å². The zero-order chi connectivity index (χ0) is 24.1. The second-order valence-corrected chi connectivity index (χ2v) is 8.41. The number of carbonyl (C=O) groups excluding carboxylic acids is 2. The van der Waals surface area contributed by atoms with Crippen LogP contribution >= 0.6 is 0 Å². The topological polar surface area (TPSA) is 120 Å². The summed E-state index contributed by atoms with van der Waals surface area (Å²) >= 11 is 0. The van der Waals surface area contributed by atoms with Crippen molar-refractivity contribution in [2.45, 2.75) is 31.5 Å². The Morgan fingerprint density at radius 1 is 1.24 bits per heavy atom. The van der Waals surface area contributed by atoms with Crippen molar-refractivity contribution in [2.24, 2.45) is 0 Å². The van der Waals surface area contributed by atoms with Crippen LogP contribution < -0.4 is 0 Å². The van der Waals surface area contributed by atoms with Crippen LogP contribution in [-0.2, 0) is 22.4 Å². The van der Waals surface area contributed by atoms with Crippen LogP contribution in [0.5, 0.6) is 0 Å². The molecule has 0 saturated carbocycles. The third-order valence-electron chi connectivity index (χ3n) is 6.28. The predicted octanol–water partition coefficient (Wildman–Crippen LogP) is 2.30. The lowest BCUT2D eigenvalue weighted by atomic mass is 9.92. The van der Waals surface area contributed by atoms with Crippen LogP contribution in [0.2, 0.25) is 0 Å². The molecule has 9 nitrogen and oxygen atoms in total. The van der Waals surface area contributed by atoms with Gasteiger partial charge in [0, 0.05) is 33.1 Å². The molecule has 2 heterocycles. The highest BCUT2D eigenvalue weighted by atomic mass is 19.1. The maximum absolute atomic E-state index is 14.2. The number of H-pyrrole nitrogens is 1. The van der Waals surface area contributed by atoms with Crippen molar-refractivity contribution in [3.63, 3.8) is 0 Å². The van der Waals surface area contributed by atoms with Gasteiger partial charge in [-0.2, -0.15) is 4.39 Å². The minimum atomic E-state index is -2.07. The van der Waals surface area contributed by atoms with E-state index in [4.69, 9.17) is 0 Å². The molecule has 0 aliphatic carbocycles. The zero-order valence-electron chi connectivity index (χ0n) is 18.3. The maximum Gasteiger partial charge on any atom is 0.314 e. The van der Waals surface area contributed by atoms with Crippen molar-refractivity contribution in [1.82, 2.24) is 14.8 Å². The van der Waals surface area contributed by atoms with Gasteiger partial charge in [-0.3, -0.25) is 19.7 Å². The number of piperazine rings is 1. The first-order valence-electron chi connectivity index (χ1n) is 10.3. The second-order valence-electron chi connectivity index (χ2n) is 8.41. The Bertz CT molecular complexity index is 1290. The molecule has 3 aromatic rings. The molecule has 0 radical (unpaired) electrons. The van der Waals surface area contributed by atoms with E-state index in [1.165, 1.54) is 26.4 Å². The Morgan fingerprint density at radius 2 is 1.97 bits per heavy atom. The van der Waals surface area contributed by atoms with Crippen LogP contribution in [0.3, 0.4) is 0 Å². The summed E-state index contributed by atoms with van der Waals surface area (Å²) in [6, 6.07) is 8.64. The molecule has 1 aromatic heterocycles. The van der Waals surface area contributed by atoms with E-state index in [-0.39, 0.29) is 18.2 Å². The quantitative estimate of drug-likeness (QED) is 0.453. The SMILES string of the molecule is Cc1cccc(C[C@@]2(O)C(=O)N(C)[C@@H](Cc3c[nH]c4ccc(F)c([N+](=O)[O-])c34)C(=O)N2C)c1. The number of aromatic amines is 1. The molecule has 172 valence electrons. The smallest absolute Gasteiger partial charge is 0.314 e. The van der Waals surface area contributed by atoms with Crippen LogP contribution in [0.1, 0.15) is 16.7 Å². The lowest BCUT2D eigenvalue weighted by Crippen LogP contribution is -2.70. The minimum Gasteiger partial charge on any atom is -0.363 e. The summed E-state index contributed by atoms with van der Waals surface area (Å²) in [6.45, 7) is 1.89. The maximum atomic E-state index is 14.2. The summed E-state index contributed by atoms with van der Waals surface area (Å²) in [6.07, 6.45) is 1.29. The number of nitro groups is 1. The number of nitrogens with zero attached hydrogens (tertiary/aromatic N) is 3. The number of likely N-dealkylation sites (N-methyl/N-ethyl adjacent to an activating group) is 2. The van der Waals surface area contributed by atoms with Crippen molar-refractivity contribution in [3.05, 3.63) is 75.2 Å². The van der Waals surface area contributed by atoms with Crippen molar-refractivity contribution in [3.8, 4) is 0 Å². The summed E-state index contributed by atoms with van der Waals surface area (Å²) in [5.74, 6) is -2.19. The standard InChI is InChI=1S/C23H23FN4O5/c1-13-5-4-6-14(9-13)11-23(31)22(30)26(2)18(21(29)27(23)3)10-15-12-25-17-8-7-16(24)20(19(15)17)28(32)33/h4-9,12,18,25,31H,10-11H2,1-3H3/t18-,23+/m0/s1. The Hall–Kier alpha value is -3.79. The minimum absolute atomic E-state index is 0.0527. The molecule has 2 aromatic carbocycles. The zero-order valence-corrected chi connectivity index (χ0v) is 18.3. The van der Waals surface area contributed by atoms with E-state index in [0.29, 0.717) is 16.6 Å². The lowest BCUT2D eigenvalue weighted by Gasteiger charge is -2.47. The van der Waals surface area contributed by atoms with Crippen LogP contribution in [0, 0.1) is 22.9 Å². The summed E-state index contributed by atoms with van der Waals surface area (Å²) in [5, 5.41) is 22.8. The fourth-order valence-corrected chi connectivity index (χ4v) is 4.46. The van der Waals surface area contributed by atoms with Crippen molar-refractivity contribution in [1.29, 1.82) is 0 Å². The van der Waals surface area contributed by atoms with E-state index in [0.717, 1.165) is 21.4 Å². The van der Waals surface area contributed by atoms with Crippen LogP contribution in [0.25, 0.3) is 10.9 Å². The number of nitro benzene ring substituents is 1. The van der Waals surface area contributed by atoms with E-state index in [9.17, 15) is 29.2 Å². The number of aliphatic hydroxyl groups is 1. The van der Waals surface area contributed by atoms with Gasteiger partial charge in [0.1, 0.15) is 6.04 Å². The number of hydrogen-bond donors (Lipinski definition) is 2. The Morgan fingerprint density at radius 3 is 2.64 bits per heavy atom. The van der Waals surface area contributed by atoms with Crippen LogP contribution in [0.4, 0.5) is 10.1 Å². The van der Waals surface area contributed by atoms with Gasteiger partial charge < -0.3 is 19.9 Å². The first-order chi connectivity index (χ1) is 15.5. The number of nitrogens with one attached hydrogen (secondary N) is 1. The summed E-state index contributed by atoms with van der Waals surface area (Å²) in [7, 11) is 2.76. The van der Waals surface area contributed by atoms with Gasteiger partial charge in [-0.1, -0.05) is 29.8 Å². The van der Waals surface area contributed by atoms with Crippen LogP contribution in [-0.4, -0.2) is 62.5 Å². The largest absolute Gasteiger partial charge is 0.363 e. The Kier molecular flexibility index (Phi) is 5.41. The van der Waals surface area contributed by atoms with Gasteiger partial charge in [0.2, 0.25) is 17.4 Å². The van der Waals surface area contributed by atoms with E-state index < -0.39 is 40.0 Å². The highest BCUT2D eigenvalue weighted by Gasteiger charge is 2.53. The molecule has 2 N–H and O–H groups in total. The summed E-state index contributed by atoms with van der Waals surface area (Å²) in [5.41, 5.74) is -0.446. The lowest BCUT2D eigenvalue weighted by molar-refractivity contribution is -0.385. The molecule has 1 fully saturated rings. The molecule has 2 amide bonds. The molecular weight excluding hydrogens is 431 g/mol. The van der Waals surface area contributed by atoms with Gasteiger partial charge in [0.25, 0.3) is 5.91 Å². The number of aromatic nitrogens is 1. The summed E-state index contributed by atoms with van der Waals surface area (Å²) in [4.78, 5) is 42.2. The van der Waals surface area contributed by atoms with Crippen molar-refractivity contribution >= 4 is 28.4 Å². The monoisotopic (exact) mass is 454 g/mol. The fraction of sp³-hybridized carbons (Fsp3) is 0.304. The number of benzene rings is 2. The predicted molar refractivity (Wildman–Crippen MR) is 118 cm³/mol. The first kappa shape index (κ1) is 22.4. The fourth-order valence-electron chi connectivity index (χ4n) is 4.46. The third kappa shape index (κ3) is 3.62. The Labute approximate surface area is 188 Å². The summed E-state index contributed by atoms with van der Waals surface area (Å²) < 4.78 is 14.2. The van der Waals surface area contributed by atoms with Crippen molar-refractivity contribution in [2.75, 3.05) is 14.1 Å². The molecule has 0 spiro atoms. The molecule has 1 aliphatic heterocycles. The van der Waals surface area contributed by atoms with Crippen LogP contribution in [0.15, 0.2) is 42.6 Å². The molecule has 10 heteroatoms. The number of halogens is 1. The highest BCUT2D eigenvalue weighted by Crippen LogP contribution is 2.34. The molecule has 2 atom stereocenters. The van der Waals surface area contributed by atoms with E-state index in [1.54, 1.807) is 12.1 Å². The van der Waals surface area contributed by atoms with Gasteiger partial charge in [-0.15, -0.1) is 0 Å².